The number of thiocarbonyl (C=S) groups is 1. The summed E-state index contributed by atoms with van der Waals surface area (Å²) in [5, 5.41) is 6.86. The molecule has 1 rings (SSSR count). The van der Waals surface area contributed by atoms with Crippen LogP contribution in [0.25, 0.3) is 0 Å². The van der Waals surface area contributed by atoms with Gasteiger partial charge in [0.1, 0.15) is 12.4 Å². The summed E-state index contributed by atoms with van der Waals surface area (Å²) >= 11 is 5.22. The molecule has 0 fully saturated rings. The second kappa shape index (κ2) is 10.2. The van der Waals surface area contributed by atoms with Gasteiger partial charge in [0.25, 0.3) is 0 Å². The van der Waals surface area contributed by atoms with Crippen molar-refractivity contribution >= 4 is 23.0 Å². The lowest BCUT2D eigenvalue weighted by Gasteiger charge is -2.11. The van der Waals surface area contributed by atoms with Gasteiger partial charge in [-0.2, -0.15) is 0 Å². The zero-order valence-electron chi connectivity index (χ0n) is 11.9. The Balaban J connectivity index is 2.32. The third-order valence-corrected chi connectivity index (χ3v) is 2.66. The van der Waals surface area contributed by atoms with Crippen LogP contribution in [0.5, 0.6) is 5.75 Å². The van der Waals surface area contributed by atoms with Crippen molar-refractivity contribution in [1.82, 2.24) is 5.32 Å². The monoisotopic (exact) mass is 294 g/mol. The summed E-state index contributed by atoms with van der Waals surface area (Å²) in [4.78, 5) is 0. The largest absolute Gasteiger partial charge is 0.489 e. The minimum atomic E-state index is 0.490. The number of hydrogen-bond donors (Lipinski definition) is 2. The molecule has 0 heterocycles. The first-order valence-corrected chi connectivity index (χ1v) is 7.13. The SMILES string of the molecule is C=CCOc1cccc(NC(=S)NCCCOCC)c1. The second-order valence-corrected chi connectivity index (χ2v) is 4.47. The van der Waals surface area contributed by atoms with E-state index in [-0.39, 0.29) is 0 Å². The van der Waals surface area contributed by atoms with Crippen LogP contribution in [-0.4, -0.2) is 31.5 Å². The molecule has 0 spiro atoms. The van der Waals surface area contributed by atoms with Crippen LogP contribution >= 0.6 is 12.2 Å². The highest BCUT2D eigenvalue weighted by Crippen LogP contribution is 2.17. The van der Waals surface area contributed by atoms with Gasteiger partial charge in [-0.25, -0.2) is 0 Å². The second-order valence-electron chi connectivity index (χ2n) is 4.06. The van der Waals surface area contributed by atoms with Crippen LogP contribution in [0, 0.1) is 0 Å². The first-order chi connectivity index (χ1) is 9.76. The number of rotatable bonds is 9. The Morgan fingerprint density at radius 1 is 1.45 bits per heavy atom. The van der Waals surface area contributed by atoms with E-state index in [1.807, 2.05) is 31.2 Å². The zero-order chi connectivity index (χ0) is 14.6. The lowest BCUT2D eigenvalue weighted by Crippen LogP contribution is -2.29. The predicted molar refractivity (Wildman–Crippen MR) is 87.5 cm³/mol. The van der Waals surface area contributed by atoms with E-state index in [0.717, 1.165) is 37.6 Å². The molecular formula is C15H22N2O2S. The van der Waals surface area contributed by atoms with E-state index >= 15 is 0 Å². The Kier molecular flexibility index (Phi) is 8.42. The summed E-state index contributed by atoms with van der Waals surface area (Å²) in [6.07, 6.45) is 2.64. The molecule has 20 heavy (non-hydrogen) atoms. The van der Waals surface area contributed by atoms with E-state index in [4.69, 9.17) is 21.7 Å². The molecule has 0 bridgehead atoms. The minimum absolute atomic E-state index is 0.490. The molecule has 0 aromatic heterocycles. The molecule has 0 aliphatic rings. The highest BCUT2D eigenvalue weighted by atomic mass is 32.1. The summed E-state index contributed by atoms with van der Waals surface area (Å²) in [5.74, 6) is 0.786. The average molecular weight is 294 g/mol. The molecule has 0 saturated heterocycles. The Hall–Kier alpha value is -1.59. The Bertz CT molecular complexity index is 424. The molecule has 0 unspecified atom stereocenters. The average Bonchev–Trinajstić information content (AvgIpc) is 2.45. The first kappa shape index (κ1) is 16.5. The van der Waals surface area contributed by atoms with Gasteiger partial charge in [0.15, 0.2) is 5.11 Å². The summed E-state index contributed by atoms with van der Waals surface area (Å²) in [5.41, 5.74) is 0.897. The lowest BCUT2D eigenvalue weighted by molar-refractivity contribution is 0.146. The van der Waals surface area contributed by atoms with Crippen molar-refractivity contribution < 1.29 is 9.47 Å². The number of hydrogen-bond acceptors (Lipinski definition) is 3. The van der Waals surface area contributed by atoms with E-state index in [9.17, 15) is 0 Å². The van der Waals surface area contributed by atoms with Crippen molar-refractivity contribution in [2.75, 3.05) is 31.7 Å². The maximum atomic E-state index is 5.46. The van der Waals surface area contributed by atoms with Gasteiger partial charge in [0.05, 0.1) is 0 Å². The van der Waals surface area contributed by atoms with Crippen molar-refractivity contribution in [2.45, 2.75) is 13.3 Å². The van der Waals surface area contributed by atoms with Gasteiger partial charge in [0, 0.05) is 31.5 Å². The number of benzene rings is 1. The smallest absolute Gasteiger partial charge is 0.170 e. The van der Waals surface area contributed by atoms with Gasteiger partial charge in [0.2, 0.25) is 0 Å². The number of ether oxygens (including phenoxy) is 2. The molecule has 4 nitrogen and oxygen atoms in total. The van der Waals surface area contributed by atoms with Crippen molar-refractivity contribution in [3.05, 3.63) is 36.9 Å². The van der Waals surface area contributed by atoms with Crippen molar-refractivity contribution in [2.24, 2.45) is 0 Å². The van der Waals surface area contributed by atoms with Crippen molar-refractivity contribution in [3.8, 4) is 5.75 Å². The minimum Gasteiger partial charge on any atom is -0.489 e. The van der Waals surface area contributed by atoms with Gasteiger partial charge in [-0.3, -0.25) is 0 Å². The van der Waals surface area contributed by atoms with Gasteiger partial charge in [-0.1, -0.05) is 18.7 Å². The van der Waals surface area contributed by atoms with Crippen LogP contribution in [0.2, 0.25) is 0 Å². The summed E-state index contributed by atoms with van der Waals surface area (Å²) in [6, 6.07) is 7.65. The van der Waals surface area contributed by atoms with Crippen LogP contribution in [0.3, 0.4) is 0 Å². The third-order valence-electron chi connectivity index (χ3n) is 2.41. The summed E-state index contributed by atoms with van der Waals surface area (Å²) in [7, 11) is 0. The fourth-order valence-electron chi connectivity index (χ4n) is 1.51. The normalized spacial score (nSPS) is 9.85. The van der Waals surface area contributed by atoms with Gasteiger partial charge in [-0.05, 0) is 37.7 Å². The van der Waals surface area contributed by atoms with Crippen molar-refractivity contribution in [1.29, 1.82) is 0 Å². The molecule has 0 radical (unpaired) electrons. The van der Waals surface area contributed by atoms with E-state index in [2.05, 4.69) is 17.2 Å². The van der Waals surface area contributed by atoms with E-state index < -0.39 is 0 Å². The molecule has 0 saturated carbocycles. The standard InChI is InChI=1S/C15H22N2O2S/c1-3-10-19-14-8-5-7-13(12-14)17-15(20)16-9-6-11-18-4-2/h3,5,7-8,12H,1,4,6,9-11H2,2H3,(H2,16,17,20). The van der Waals surface area contributed by atoms with Crippen LogP contribution < -0.4 is 15.4 Å². The summed E-state index contributed by atoms with van der Waals surface area (Å²) < 4.78 is 10.7. The molecule has 0 aliphatic carbocycles. The van der Waals surface area contributed by atoms with E-state index in [0.29, 0.717) is 11.7 Å². The maximum absolute atomic E-state index is 5.46. The van der Waals surface area contributed by atoms with Gasteiger partial charge >= 0.3 is 0 Å². The van der Waals surface area contributed by atoms with E-state index in [1.165, 1.54) is 0 Å². The third kappa shape index (κ3) is 7.11. The van der Waals surface area contributed by atoms with E-state index in [1.54, 1.807) is 6.08 Å². The Morgan fingerprint density at radius 3 is 3.05 bits per heavy atom. The molecule has 0 amide bonds. The van der Waals surface area contributed by atoms with Crippen LogP contribution in [-0.2, 0) is 4.74 Å². The molecule has 0 aliphatic heterocycles. The fourth-order valence-corrected chi connectivity index (χ4v) is 1.73. The molecule has 0 atom stereocenters. The molecule has 2 N–H and O–H groups in total. The predicted octanol–water partition coefficient (Wildman–Crippen LogP) is 2.96. The number of nitrogens with one attached hydrogen (secondary N) is 2. The zero-order valence-corrected chi connectivity index (χ0v) is 12.7. The van der Waals surface area contributed by atoms with Crippen LogP contribution in [0.4, 0.5) is 5.69 Å². The molecule has 5 heteroatoms. The Labute approximate surface area is 126 Å². The molecular weight excluding hydrogens is 272 g/mol. The van der Waals surface area contributed by atoms with Gasteiger partial charge < -0.3 is 20.1 Å². The highest BCUT2D eigenvalue weighted by molar-refractivity contribution is 7.80. The van der Waals surface area contributed by atoms with Crippen LogP contribution in [0.15, 0.2) is 36.9 Å². The first-order valence-electron chi connectivity index (χ1n) is 6.72. The lowest BCUT2D eigenvalue weighted by atomic mass is 10.3. The Morgan fingerprint density at radius 2 is 2.30 bits per heavy atom. The number of anilines is 1. The summed E-state index contributed by atoms with van der Waals surface area (Å²) in [6.45, 7) is 8.38. The fraction of sp³-hybridized carbons (Fsp3) is 0.400. The highest BCUT2D eigenvalue weighted by Gasteiger charge is 1.99. The topological polar surface area (TPSA) is 42.5 Å². The molecule has 1 aromatic carbocycles. The van der Waals surface area contributed by atoms with Crippen molar-refractivity contribution in [3.63, 3.8) is 0 Å². The van der Waals surface area contributed by atoms with Crippen LogP contribution in [0.1, 0.15) is 13.3 Å². The maximum Gasteiger partial charge on any atom is 0.170 e. The molecule has 110 valence electrons. The quantitative estimate of drug-likeness (QED) is 0.416. The van der Waals surface area contributed by atoms with Gasteiger partial charge in [-0.15, -0.1) is 0 Å². The molecule has 1 aromatic rings.